The SMILES string of the molecule is CC(C)C(C)S(=O)(=O)CC(=O)c1ccccc1F. The van der Waals surface area contributed by atoms with Crippen LogP contribution in [0.25, 0.3) is 0 Å². The van der Waals surface area contributed by atoms with Crippen molar-refractivity contribution in [2.45, 2.75) is 26.0 Å². The third-order valence-corrected chi connectivity index (χ3v) is 5.35. The molecular weight excluding hydrogens is 255 g/mol. The number of hydrogen-bond donors (Lipinski definition) is 0. The van der Waals surface area contributed by atoms with Crippen molar-refractivity contribution in [3.05, 3.63) is 35.6 Å². The van der Waals surface area contributed by atoms with Crippen LogP contribution in [0, 0.1) is 11.7 Å². The molecule has 1 aromatic carbocycles. The van der Waals surface area contributed by atoms with E-state index in [1.165, 1.54) is 18.2 Å². The summed E-state index contributed by atoms with van der Waals surface area (Å²) in [6, 6.07) is 5.41. The smallest absolute Gasteiger partial charge is 0.180 e. The van der Waals surface area contributed by atoms with Crippen LogP contribution in [0.4, 0.5) is 4.39 Å². The summed E-state index contributed by atoms with van der Waals surface area (Å²) in [6.45, 7) is 5.11. The van der Waals surface area contributed by atoms with E-state index in [4.69, 9.17) is 0 Å². The molecule has 5 heteroatoms. The lowest BCUT2D eigenvalue weighted by Gasteiger charge is -2.15. The molecule has 100 valence electrons. The van der Waals surface area contributed by atoms with E-state index in [-0.39, 0.29) is 11.5 Å². The van der Waals surface area contributed by atoms with Crippen LogP contribution in [0.5, 0.6) is 0 Å². The van der Waals surface area contributed by atoms with Crippen molar-refractivity contribution in [3.8, 4) is 0 Å². The zero-order chi connectivity index (χ0) is 13.9. The first kappa shape index (κ1) is 14.8. The third kappa shape index (κ3) is 3.38. The van der Waals surface area contributed by atoms with Gasteiger partial charge in [0, 0.05) is 0 Å². The fraction of sp³-hybridized carbons (Fsp3) is 0.462. The average molecular weight is 272 g/mol. The molecule has 18 heavy (non-hydrogen) atoms. The zero-order valence-corrected chi connectivity index (χ0v) is 11.5. The molecule has 0 bridgehead atoms. The second kappa shape index (κ2) is 5.61. The molecule has 3 nitrogen and oxygen atoms in total. The van der Waals surface area contributed by atoms with E-state index >= 15 is 0 Å². The van der Waals surface area contributed by atoms with Gasteiger partial charge in [-0.2, -0.15) is 0 Å². The number of rotatable bonds is 5. The summed E-state index contributed by atoms with van der Waals surface area (Å²) in [7, 11) is -3.54. The number of ketones is 1. The van der Waals surface area contributed by atoms with Crippen molar-refractivity contribution in [2.75, 3.05) is 5.75 Å². The first-order valence-corrected chi connectivity index (χ1v) is 7.46. The van der Waals surface area contributed by atoms with Crippen LogP contribution in [0.2, 0.25) is 0 Å². The maximum absolute atomic E-state index is 13.4. The summed E-state index contributed by atoms with van der Waals surface area (Å²) >= 11 is 0. The van der Waals surface area contributed by atoms with Crippen LogP contribution in [-0.2, 0) is 9.84 Å². The van der Waals surface area contributed by atoms with Crippen molar-refractivity contribution >= 4 is 15.6 Å². The molecular formula is C13H17FO3S. The Hall–Kier alpha value is -1.23. The van der Waals surface area contributed by atoms with Crippen LogP contribution >= 0.6 is 0 Å². The molecule has 0 amide bonds. The Balaban J connectivity index is 2.93. The number of carbonyl (C=O) groups is 1. The molecule has 0 spiro atoms. The number of halogens is 1. The third-order valence-electron chi connectivity index (χ3n) is 3.01. The maximum Gasteiger partial charge on any atom is 0.180 e. The monoisotopic (exact) mass is 272 g/mol. The van der Waals surface area contributed by atoms with Gasteiger partial charge in [0.1, 0.15) is 11.6 Å². The van der Waals surface area contributed by atoms with E-state index in [1.54, 1.807) is 20.8 Å². The highest BCUT2D eigenvalue weighted by atomic mass is 32.2. The van der Waals surface area contributed by atoms with Gasteiger partial charge in [0.25, 0.3) is 0 Å². The number of benzene rings is 1. The molecule has 1 unspecified atom stereocenters. The highest BCUT2D eigenvalue weighted by molar-refractivity contribution is 7.92. The average Bonchev–Trinajstić information content (AvgIpc) is 2.27. The second-order valence-corrected chi connectivity index (χ2v) is 7.02. The number of sulfone groups is 1. The summed E-state index contributed by atoms with van der Waals surface area (Å²) in [5.41, 5.74) is -0.169. The van der Waals surface area contributed by atoms with Crippen molar-refractivity contribution in [2.24, 2.45) is 5.92 Å². The Morgan fingerprint density at radius 2 is 1.78 bits per heavy atom. The predicted molar refractivity (Wildman–Crippen MR) is 68.8 cm³/mol. The van der Waals surface area contributed by atoms with Crippen molar-refractivity contribution in [1.29, 1.82) is 0 Å². The Morgan fingerprint density at radius 3 is 2.28 bits per heavy atom. The van der Waals surface area contributed by atoms with Gasteiger partial charge in [-0.05, 0) is 25.0 Å². The van der Waals surface area contributed by atoms with Gasteiger partial charge in [-0.15, -0.1) is 0 Å². The lowest BCUT2D eigenvalue weighted by Crippen LogP contribution is -2.29. The molecule has 0 aliphatic rings. The van der Waals surface area contributed by atoms with Crippen molar-refractivity contribution in [3.63, 3.8) is 0 Å². The minimum absolute atomic E-state index is 0.0802. The zero-order valence-electron chi connectivity index (χ0n) is 10.7. The number of Topliss-reactive ketones (excluding diaryl/α,β-unsaturated/α-hetero) is 1. The minimum atomic E-state index is -3.54. The Bertz CT molecular complexity index is 535. The molecule has 0 heterocycles. The quantitative estimate of drug-likeness (QED) is 0.774. The van der Waals surface area contributed by atoms with E-state index in [0.717, 1.165) is 6.07 Å². The summed E-state index contributed by atoms with van der Waals surface area (Å²) < 4.78 is 37.2. The van der Waals surface area contributed by atoms with Gasteiger partial charge in [-0.1, -0.05) is 26.0 Å². The van der Waals surface area contributed by atoms with E-state index in [0.29, 0.717) is 0 Å². The first-order chi connectivity index (χ1) is 8.25. The molecule has 1 aromatic rings. The largest absolute Gasteiger partial charge is 0.293 e. The highest BCUT2D eigenvalue weighted by Gasteiger charge is 2.27. The van der Waals surface area contributed by atoms with Gasteiger partial charge in [-0.3, -0.25) is 4.79 Å². The van der Waals surface area contributed by atoms with Crippen LogP contribution in [0.15, 0.2) is 24.3 Å². The normalized spacial score (nSPS) is 13.6. The standard InChI is InChI=1S/C13H17FO3S/c1-9(2)10(3)18(16,17)8-13(15)11-6-4-5-7-12(11)14/h4-7,9-10H,8H2,1-3H3. The van der Waals surface area contributed by atoms with E-state index in [9.17, 15) is 17.6 Å². The lowest BCUT2D eigenvalue weighted by molar-refractivity contribution is 0.101. The van der Waals surface area contributed by atoms with E-state index in [2.05, 4.69) is 0 Å². The summed E-state index contributed by atoms with van der Waals surface area (Å²) in [4.78, 5) is 11.8. The highest BCUT2D eigenvalue weighted by Crippen LogP contribution is 2.15. The molecule has 1 atom stereocenters. The van der Waals surface area contributed by atoms with Crippen LogP contribution in [0.1, 0.15) is 31.1 Å². The van der Waals surface area contributed by atoms with E-state index in [1.807, 2.05) is 0 Å². The molecule has 0 aliphatic heterocycles. The molecule has 0 fully saturated rings. The van der Waals surface area contributed by atoms with Gasteiger partial charge >= 0.3 is 0 Å². The van der Waals surface area contributed by atoms with Gasteiger partial charge in [0.2, 0.25) is 0 Å². The van der Waals surface area contributed by atoms with Gasteiger partial charge < -0.3 is 0 Å². The topological polar surface area (TPSA) is 51.2 Å². The van der Waals surface area contributed by atoms with Crippen molar-refractivity contribution in [1.82, 2.24) is 0 Å². The Kier molecular flexibility index (Phi) is 4.62. The fourth-order valence-corrected chi connectivity index (χ4v) is 3.11. The molecule has 0 radical (unpaired) electrons. The minimum Gasteiger partial charge on any atom is -0.293 e. The van der Waals surface area contributed by atoms with E-state index < -0.39 is 32.4 Å². The Labute approximate surface area is 107 Å². The molecule has 1 rings (SSSR count). The molecule has 0 saturated heterocycles. The summed E-state index contributed by atoms with van der Waals surface area (Å²) in [5.74, 6) is -2.10. The lowest BCUT2D eigenvalue weighted by atomic mass is 10.1. The second-order valence-electron chi connectivity index (χ2n) is 4.66. The van der Waals surface area contributed by atoms with Gasteiger partial charge in [-0.25, -0.2) is 12.8 Å². The van der Waals surface area contributed by atoms with Crippen LogP contribution in [-0.4, -0.2) is 25.2 Å². The van der Waals surface area contributed by atoms with Crippen LogP contribution in [0.3, 0.4) is 0 Å². The predicted octanol–water partition coefficient (Wildman–Crippen LogP) is 2.47. The molecule has 0 aliphatic carbocycles. The number of hydrogen-bond acceptors (Lipinski definition) is 3. The Morgan fingerprint density at radius 1 is 1.22 bits per heavy atom. The molecule has 0 aromatic heterocycles. The first-order valence-electron chi connectivity index (χ1n) is 5.75. The van der Waals surface area contributed by atoms with Crippen LogP contribution < -0.4 is 0 Å². The maximum atomic E-state index is 13.4. The summed E-state index contributed by atoms with van der Waals surface area (Å²) in [6.07, 6.45) is 0. The molecule has 0 saturated carbocycles. The van der Waals surface area contributed by atoms with Gasteiger partial charge in [0.15, 0.2) is 15.6 Å². The van der Waals surface area contributed by atoms with Crippen molar-refractivity contribution < 1.29 is 17.6 Å². The van der Waals surface area contributed by atoms with Gasteiger partial charge in [0.05, 0.1) is 10.8 Å². The summed E-state index contributed by atoms with van der Waals surface area (Å²) in [5, 5.41) is -0.617. The fourth-order valence-electron chi connectivity index (χ4n) is 1.49. The number of carbonyl (C=O) groups excluding carboxylic acids is 1. The molecule has 0 N–H and O–H groups in total.